The normalized spacial score (nSPS) is 19.1. The Kier molecular flexibility index (Phi) is 4.22. The van der Waals surface area contributed by atoms with Crippen LogP contribution in [-0.4, -0.2) is 17.4 Å². The summed E-state index contributed by atoms with van der Waals surface area (Å²) in [6.45, 7) is 3.96. The van der Waals surface area contributed by atoms with E-state index in [2.05, 4.69) is 15.7 Å². The van der Waals surface area contributed by atoms with Crippen LogP contribution in [-0.2, 0) is 6.54 Å². The minimum Gasteiger partial charge on any atom is -0.310 e. The molecule has 0 spiro atoms. The number of rotatable bonds is 5. The molecule has 90 valence electrons. The molecule has 1 saturated carbocycles. The fourth-order valence-electron chi connectivity index (χ4n) is 2.40. The van der Waals surface area contributed by atoms with Crippen molar-refractivity contribution in [1.82, 2.24) is 10.3 Å². The Hall–Kier alpha value is -0.120. The zero-order valence-electron chi connectivity index (χ0n) is 9.76. The van der Waals surface area contributed by atoms with Gasteiger partial charge < -0.3 is 5.32 Å². The summed E-state index contributed by atoms with van der Waals surface area (Å²) in [5.74, 6) is 0.789. The number of aromatic nitrogens is 1. The number of nitrogens with zero attached hydrogens (tertiary/aromatic N) is 1. The average molecular weight is 259 g/mol. The Bertz CT molecular complexity index is 332. The monoisotopic (exact) mass is 258 g/mol. The van der Waals surface area contributed by atoms with Gasteiger partial charge >= 0.3 is 0 Å². The molecule has 1 heterocycles. The maximum absolute atomic E-state index is 6.10. The molecular formula is C12H19ClN2S. The van der Waals surface area contributed by atoms with Crippen LogP contribution in [0, 0.1) is 12.3 Å². The van der Waals surface area contributed by atoms with Gasteiger partial charge in [0.15, 0.2) is 0 Å². The van der Waals surface area contributed by atoms with Crippen LogP contribution in [0.1, 0.15) is 36.4 Å². The first kappa shape index (κ1) is 12.3. The van der Waals surface area contributed by atoms with Crippen molar-refractivity contribution in [2.24, 2.45) is 5.41 Å². The van der Waals surface area contributed by atoms with Crippen LogP contribution in [0.3, 0.4) is 0 Å². The first-order valence-corrected chi connectivity index (χ1v) is 7.33. The highest BCUT2D eigenvalue weighted by Crippen LogP contribution is 2.38. The lowest BCUT2D eigenvalue weighted by Gasteiger charge is -2.26. The first-order valence-electron chi connectivity index (χ1n) is 5.92. The largest absolute Gasteiger partial charge is 0.310 e. The molecule has 2 rings (SSSR count). The van der Waals surface area contributed by atoms with Crippen molar-refractivity contribution in [3.05, 3.63) is 16.1 Å². The maximum Gasteiger partial charge on any atom is 0.107 e. The van der Waals surface area contributed by atoms with Gasteiger partial charge in [-0.25, -0.2) is 4.98 Å². The third-order valence-electron chi connectivity index (χ3n) is 3.39. The minimum atomic E-state index is 0.355. The third kappa shape index (κ3) is 2.96. The van der Waals surface area contributed by atoms with Gasteiger partial charge in [-0.05, 0) is 25.2 Å². The molecule has 0 radical (unpaired) electrons. The predicted octanol–water partition coefficient (Wildman–Crippen LogP) is 3.34. The SMILES string of the molecule is Cc1csc(CNCC2(CCl)CCCC2)n1. The molecule has 2 nitrogen and oxygen atoms in total. The molecule has 0 unspecified atom stereocenters. The molecule has 1 aliphatic rings. The van der Waals surface area contributed by atoms with Gasteiger partial charge in [-0.3, -0.25) is 0 Å². The molecule has 0 saturated heterocycles. The van der Waals surface area contributed by atoms with Gasteiger partial charge in [0.05, 0.1) is 0 Å². The summed E-state index contributed by atoms with van der Waals surface area (Å²) in [6.07, 6.45) is 5.23. The lowest BCUT2D eigenvalue weighted by Crippen LogP contribution is -2.33. The van der Waals surface area contributed by atoms with E-state index in [1.165, 1.54) is 30.7 Å². The number of hydrogen-bond acceptors (Lipinski definition) is 3. The Morgan fingerprint density at radius 2 is 2.25 bits per heavy atom. The van der Waals surface area contributed by atoms with Crippen LogP contribution in [0.2, 0.25) is 0 Å². The standard InChI is InChI=1S/C12H19ClN2S/c1-10-7-16-11(15-10)6-14-9-12(8-13)4-2-3-5-12/h7,14H,2-6,8-9H2,1H3. The van der Waals surface area contributed by atoms with Crippen LogP contribution < -0.4 is 5.32 Å². The van der Waals surface area contributed by atoms with Crippen molar-refractivity contribution >= 4 is 22.9 Å². The van der Waals surface area contributed by atoms with E-state index in [1.54, 1.807) is 11.3 Å². The smallest absolute Gasteiger partial charge is 0.107 e. The van der Waals surface area contributed by atoms with Crippen molar-refractivity contribution in [2.75, 3.05) is 12.4 Å². The highest BCUT2D eigenvalue weighted by molar-refractivity contribution is 7.09. The van der Waals surface area contributed by atoms with E-state index in [0.29, 0.717) is 5.41 Å². The third-order valence-corrected chi connectivity index (χ3v) is 4.92. The molecule has 1 aromatic rings. The highest BCUT2D eigenvalue weighted by Gasteiger charge is 2.32. The first-order chi connectivity index (χ1) is 7.74. The number of thiazole rings is 1. The van der Waals surface area contributed by atoms with Gasteiger partial charge in [0.2, 0.25) is 0 Å². The molecule has 0 amide bonds. The Morgan fingerprint density at radius 1 is 1.50 bits per heavy atom. The summed E-state index contributed by atoms with van der Waals surface area (Å²) in [5.41, 5.74) is 1.48. The van der Waals surface area contributed by atoms with Gasteiger partial charge in [0.1, 0.15) is 5.01 Å². The maximum atomic E-state index is 6.10. The van der Waals surface area contributed by atoms with Crippen LogP contribution in [0.15, 0.2) is 5.38 Å². The van der Waals surface area contributed by atoms with E-state index in [1.807, 2.05) is 6.92 Å². The molecule has 1 aromatic heterocycles. The summed E-state index contributed by atoms with van der Waals surface area (Å²) >= 11 is 7.83. The van der Waals surface area contributed by atoms with E-state index >= 15 is 0 Å². The number of alkyl halides is 1. The van der Waals surface area contributed by atoms with E-state index in [9.17, 15) is 0 Å². The molecule has 0 bridgehead atoms. The van der Waals surface area contributed by atoms with E-state index < -0.39 is 0 Å². The van der Waals surface area contributed by atoms with E-state index in [0.717, 1.165) is 24.7 Å². The zero-order chi connectivity index (χ0) is 11.4. The molecular weight excluding hydrogens is 240 g/mol. The lowest BCUT2D eigenvalue weighted by atomic mass is 9.88. The van der Waals surface area contributed by atoms with E-state index in [4.69, 9.17) is 11.6 Å². The van der Waals surface area contributed by atoms with Crippen molar-refractivity contribution < 1.29 is 0 Å². The lowest BCUT2D eigenvalue weighted by molar-refractivity contribution is 0.320. The van der Waals surface area contributed by atoms with Crippen LogP contribution in [0.5, 0.6) is 0 Å². The van der Waals surface area contributed by atoms with Gasteiger partial charge in [0.25, 0.3) is 0 Å². The van der Waals surface area contributed by atoms with Gasteiger partial charge in [-0.1, -0.05) is 12.8 Å². The topological polar surface area (TPSA) is 24.9 Å². The van der Waals surface area contributed by atoms with Crippen molar-refractivity contribution in [3.8, 4) is 0 Å². The summed E-state index contributed by atoms with van der Waals surface area (Å²) in [4.78, 5) is 4.45. The molecule has 1 N–H and O–H groups in total. The molecule has 0 aromatic carbocycles. The number of aryl methyl sites for hydroxylation is 1. The summed E-state index contributed by atoms with van der Waals surface area (Å²) in [6, 6.07) is 0. The van der Waals surface area contributed by atoms with Crippen LogP contribution in [0.25, 0.3) is 0 Å². The molecule has 0 atom stereocenters. The molecule has 1 aliphatic carbocycles. The number of nitrogens with one attached hydrogen (secondary N) is 1. The van der Waals surface area contributed by atoms with Gasteiger partial charge in [-0.2, -0.15) is 0 Å². The van der Waals surface area contributed by atoms with Crippen LogP contribution in [0.4, 0.5) is 0 Å². The molecule has 4 heteroatoms. The van der Waals surface area contributed by atoms with Crippen LogP contribution >= 0.6 is 22.9 Å². The number of hydrogen-bond donors (Lipinski definition) is 1. The second kappa shape index (κ2) is 5.48. The Labute approximate surface area is 106 Å². The molecule has 1 fully saturated rings. The fraction of sp³-hybridized carbons (Fsp3) is 0.750. The van der Waals surface area contributed by atoms with Crippen molar-refractivity contribution in [1.29, 1.82) is 0 Å². The summed E-state index contributed by atoms with van der Waals surface area (Å²) < 4.78 is 0. The predicted molar refractivity (Wildman–Crippen MR) is 70.2 cm³/mol. The fourth-order valence-corrected chi connectivity index (χ4v) is 3.50. The summed E-state index contributed by atoms with van der Waals surface area (Å²) in [5, 5.41) is 6.79. The minimum absolute atomic E-state index is 0.355. The van der Waals surface area contributed by atoms with E-state index in [-0.39, 0.29) is 0 Å². The van der Waals surface area contributed by atoms with Gasteiger partial charge in [0, 0.05) is 30.0 Å². The Morgan fingerprint density at radius 3 is 2.81 bits per heavy atom. The number of halogens is 1. The zero-order valence-corrected chi connectivity index (χ0v) is 11.3. The molecule has 0 aliphatic heterocycles. The Balaban J connectivity index is 1.78. The average Bonchev–Trinajstić information content (AvgIpc) is 2.89. The summed E-state index contributed by atoms with van der Waals surface area (Å²) in [7, 11) is 0. The van der Waals surface area contributed by atoms with Gasteiger partial charge in [-0.15, -0.1) is 22.9 Å². The van der Waals surface area contributed by atoms with Crippen molar-refractivity contribution in [3.63, 3.8) is 0 Å². The molecule has 16 heavy (non-hydrogen) atoms. The quantitative estimate of drug-likeness (QED) is 0.820. The van der Waals surface area contributed by atoms with Crippen molar-refractivity contribution in [2.45, 2.75) is 39.2 Å². The highest BCUT2D eigenvalue weighted by atomic mass is 35.5. The second-order valence-corrected chi connectivity index (χ2v) is 6.04. The second-order valence-electron chi connectivity index (χ2n) is 4.83.